The Labute approximate surface area is 105 Å². The molecular formula is C13H26O4. The van der Waals surface area contributed by atoms with Crippen LogP contribution in [0.15, 0.2) is 0 Å². The highest BCUT2D eigenvalue weighted by Crippen LogP contribution is 2.07. The van der Waals surface area contributed by atoms with Crippen LogP contribution in [0, 0.1) is 0 Å². The van der Waals surface area contributed by atoms with E-state index >= 15 is 0 Å². The van der Waals surface area contributed by atoms with E-state index in [0.717, 1.165) is 32.1 Å². The summed E-state index contributed by atoms with van der Waals surface area (Å²) in [6, 6.07) is 0. The lowest BCUT2D eigenvalue weighted by molar-refractivity contribution is -0.126. The molecule has 0 aliphatic rings. The average Bonchev–Trinajstić information content (AvgIpc) is 2.30. The summed E-state index contributed by atoms with van der Waals surface area (Å²) in [5.74, 6) is 0. The zero-order valence-electron chi connectivity index (χ0n) is 11.4. The van der Waals surface area contributed by atoms with Crippen molar-refractivity contribution in [3.05, 3.63) is 0 Å². The van der Waals surface area contributed by atoms with E-state index in [2.05, 4.69) is 6.92 Å². The molecule has 1 atom stereocenters. The van der Waals surface area contributed by atoms with Crippen molar-refractivity contribution in [3.8, 4) is 0 Å². The van der Waals surface area contributed by atoms with Crippen LogP contribution in [0.2, 0.25) is 0 Å². The van der Waals surface area contributed by atoms with Gasteiger partial charge in [-0.05, 0) is 12.8 Å². The van der Waals surface area contributed by atoms with Crippen molar-refractivity contribution in [2.45, 2.75) is 65.6 Å². The molecule has 0 saturated carbocycles. The SMILES string of the molecule is CCCCOC(=O)OC(CCC)OCCCC. The third-order valence-electron chi connectivity index (χ3n) is 2.27. The third-order valence-corrected chi connectivity index (χ3v) is 2.27. The van der Waals surface area contributed by atoms with Gasteiger partial charge in [0.2, 0.25) is 6.29 Å². The minimum atomic E-state index is -0.617. The van der Waals surface area contributed by atoms with Gasteiger partial charge in [0.05, 0.1) is 13.2 Å². The first-order chi connectivity index (χ1) is 8.24. The fraction of sp³-hybridized carbons (Fsp3) is 0.923. The van der Waals surface area contributed by atoms with Crippen molar-refractivity contribution >= 4 is 6.16 Å². The first-order valence-corrected chi connectivity index (χ1v) is 6.69. The van der Waals surface area contributed by atoms with Crippen molar-refractivity contribution < 1.29 is 19.0 Å². The van der Waals surface area contributed by atoms with Gasteiger partial charge in [-0.1, -0.05) is 40.0 Å². The van der Waals surface area contributed by atoms with Crippen LogP contribution in [-0.2, 0) is 14.2 Å². The lowest BCUT2D eigenvalue weighted by atomic mass is 10.3. The Balaban J connectivity index is 3.76. The van der Waals surface area contributed by atoms with Crippen LogP contribution in [0.4, 0.5) is 4.79 Å². The zero-order valence-corrected chi connectivity index (χ0v) is 11.4. The summed E-state index contributed by atoms with van der Waals surface area (Å²) in [5.41, 5.74) is 0. The number of ether oxygens (including phenoxy) is 3. The van der Waals surface area contributed by atoms with E-state index in [0.29, 0.717) is 19.6 Å². The number of hydrogen-bond donors (Lipinski definition) is 0. The van der Waals surface area contributed by atoms with Crippen LogP contribution in [0.3, 0.4) is 0 Å². The molecule has 4 heteroatoms. The average molecular weight is 246 g/mol. The Morgan fingerprint density at radius 2 is 1.65 bits per heavy atom. The van der Waals surface area contributed by atoms with Crippen molar-refractivity contribution in [3.63, 3.8) is 0 Å². The molecule has 0 fully saturated rings. The van der Waals surface area contributed by atoms with E-state index in [4.69, 9.17) is 14.2 Å². The minimum absolute atomic E-state index is 0.420. The maximum Gasteiger partial charge on any atom is 0.510 e. The third kappa shape index (κ3) is 10.1. The highest BCUT2D eigenvalue weighted by molar-refractivity contribution is 5.59. The summed E-state index contributed by atoms with van der Waals surface area (Å²) in [5, 5.41) is 0. The van der Waals surface area contributed by atoms with Gasteiger partial charge in [0, 0.05) is 6.42 Å². The largest absolute Gasteiger partial charge is 0.510 e. The number of hydrogen-bond acceptors (Lipinski definition) is 4. The predicted molar refractivity (Wildman–Crippen MR) is 66.9 cm³/mol. The topological polar surface area (TPSA) is 44.8 Å². The van der Waals surface area contributed by atoms with E-state index in [1.54, 1.807) is 0 Å². The first-order valence-electron chi connectivity index (χ1n) is 6.69. The second-order valence-corrected chi connectivity index (χ2v) is 4.01. The molecule has 0 spiro atoms. The van der Waals surface area contributed by atoms with Crippen molar-refractivity contribution in [2.24, 2.45) is 0 Å². The maximum absolute atomic E-state index is 11.3. The van der Waals surface area contributed by atoms with Crippen LogP contribution in [0.25, 0.3) is 0 Å². The molecule has 0 heterocycles. The predicted octanol–water partition coefficient (Wildman–Crippen LogP) is 3.88. The quantitative estimate of drug-likeness (QED) is 0.333. The Morgan fingerprint density at radius 1 is 1.00 bits per heavy atom. The van der Waals surface area contributed by atoms with E-state index < -0.39 is 12.4 Å². The van der Waals surface area contributed by atoms with Crippen LogP contribution in [-0.4, -0.2) is 25.7 Å². The molecule has 0 aromatic heterocycles. The normalized spacial score (nSPS) is 12.2. The lowest BCUT2D eigenvalue weighted by Gasteiger charge is -2.17. The molecule has 0 aliphatic heterocycles. The summed E-state index contributed by atoms with van der Waals surface area (Å²) < 4.78 is 15.5. The monoisotopic (exact) mass is 246 g/mol. The fourth-order valence-electron chi connectivity index (χ4n) is 1.21. The maximum atomic E-state index is 11.3. The second kappa shape index (κ2) is 11.7. The molecule has 0 aliphatic carbocycles. The van der Waals surface area contributed by atoms with Crippen molar-refractivity contribution in [1.29, 1.82) is 0 Å². The standard InChI is InChI=1S/C13H26O4/c1-4-7-10-15-12(9-6-3)17-13(14)16-11-8-5-2/h12H,4-11H2,1-3H3. The summed E-state index contributed by atoms with van der Waals surface area (Å²) in [6.45, 7) is 7.22. The van der Waals surface area contributed by atoms with Crippen LogP contribution < -0.4 is 0 Å². The van der Waals surface area contributed by atoms with Crippen molar-refractivity contribution in [1.82, 2.24) is 0 Å². The Kier molecular flexibility index (Phi) is 11.2. The smallest absolute Gasteiger partial charge is 0.434 e. The zero-order chi connectivity index (χ0) is 12.9. The summed E-state index contributed by atoms with van der Waals surface area (Å²) in [4.78, 5) is 11.3. The van der Waals surface area contributed by atoms with Crippen LogP contribution in [0.1, 0.15) is 59.3 Å². The Bertz CT molecular complexity index is 182. The van der Waals surface area contributed by atoms with Gasteiger partial charge in [-0.3, -0.25) is 0 Å². The molecule has 0 aromatic carbocycles. The second-order valence-electron chi connectivity index (χ2n) is 4.01. The highest BCUT2D eigenvalue weighted by atomic mass is 16.8. The molecule has 0 rings (SSSR count). The van der Waals surface area contributed by atoms with E-state index in [-0.39, 0.29) is 0 Å². The molecule has 0 radical (unpaired) electrons. The van der Waals surface area contributed by atoms with Crippen LogP contribution in [0.5, 0.6) is 0 Å². The number of rotatable bonds is 10. The minimum Gasteiger partial charge on any atom is -0.434 e. The van der Waals surface area contributed by atoms with E-state index in [9.17, 15) is 4.79 Å². The first kappa shape index (κ1) is 16.2. The Hall–Kier alpha value is -0.770. The van der Waals surface area contributed by atoms with E-state index in [1.165, 1.54) is 0 Å². The lowest BCUT2D eigenvalue weighted by Crippen LogP contribution is -2.22. The summed E-state index contributed by atoms with van der Waals surface area (Å²) >= 11 is 0. The van der Waals surface area contributed by atoms with Gasteiger partial charge >= 0.3 is 6.16 Å². The number of carbonyl (C=O) groups is 1. The molecule has 4 nitrogen and oxygen atoms in total. The van der Waals surface area contributed by atoms with E-state index in [1.807, 2.05) is 13.8 Å². The summed E-state index contributed by atoms with van der Waals surface area (Å²) in [7, 11) is 0. The van der Waals surface area contributed by atoms with Crippen molar-refractivity contribution in [2.75, 3.05) is 13.2 Å². The molecule has 0 aromatic rings. The Morgan fingerprint density at radius 3 is 2.24 bits per heavy atom. The van der Waals surface area contributed by atoms with Gasteiger partial charge in [0.25, 0.3) is 0 Å². The van der Waals surface area contributed by atoms with Crippen LogP contribution >= 0.6 is 0 Å². The molecule has 0 N–H and O–H groups in total. The van der Waals surface area contributed by atoms with Gasteiger partial charge < -0.3 is 14.2 Å². The molecule has 0 amide bonds. The van der Waals surface area contributed by atoms with Gasteiger partial charge in [-0.15, -0.1) is 0 Å². The molecule has 102 valence electrons. The molecule has 0 bridgehead atoms. The van der Waals surface area contributed by atoms with Gasteiger partial charge in [-0.2, -0.15) is 0 Å². The number of unbranched alkanes of at least 4 members (excludes halogenated alkanes) is 2. The molecular weight excluding hydrogens is 220 g/mol. The molecule has 1 unspecified atom stereocenters. The van der Waals surface area contributed by atoms with Gasteiger partial charge in [0.1, 0.15) is 0 Å². The molecule has 17 heavy (non-hydrogen) atoms. The van der Waals surface area contributed by atoms with Gasteiger partial charge in [0.15, 0.2) is 0 Å². The molecule has 0 saturated heterocycles. The summed E-state index contributed by atoms with van der Waals surface area (Å²) in [6.07, 6.45) is 4.47. The highest BCUT2D eigenvalue weighted by Gasteiger charge is 2.14. The fourth-order valence-corrected chi connectivity index (χ4v) is 1.21. The van der Waals surface area contributed by atoms with Gasteiger partial charge in [-0.25, -0.2) is 4.79 Å². The number of carbonyl (C=O) groups excluding carboxylic acids is 1.